The van der Waals surface area contributed by atoms with E-state index in [0.29, 0.717) is 12.4 Å². The monoisotopic (exact) mass is 444 g/mol. The minimum atomic E-state index is -0.343. The molecule has 1 N–H and O–H groups in total. The molecule has 0 atom stereocenters. The van der Waals surface area contributed by atoms with Gasteiger partial charge in [0.25, 0.3) is 0 Å². The molecule has 1 aromatic carbocycles. The first-order valence-corrected chi connectivity index (χ1v) is 12.5. The van der Waals surface area contributed by atoms with E-state index in [-0.39, 0.29) is 11.7 Å². The highest BCUT2D eigenvalue weighted by atomic mass is 16.5. The molecule has 0 fully saturated rings. The van der Waals surface area contributed by atoms with Gasteiger partial charge in [0.05, 0.1) is 13.7 Å². The van der Waals surface area contributed by atoms with Gasteiger partial charge < -0.3 is 14.6 Å². The van der Waals surface area contributed by atoms with Gasteiger partial charge in [0.2, 0.25) is 0 Å². The lowest BCUT2D eigenvalue weighted by atomic mass is 10.1. The zero-order chi connectivity index (χ0) is 23.3. The predicted octanol–water partition coefficient (Wildman–Crippen LogP) is 7.99. The van der Waals surface area contributed by atoms with Crippen LogP contribution < -0.4 is 4.74 Å². The highest BCUT2D eigenvalue weighted by molar-refractivity contribution is 5.87. The van der Waals surface area contributed by atoms with Crippen LogP contribution in [0.3, 0.4) is 0 Å². The van der Waals surface area contributed by atoms with Crippen molar-refractivity contribution in [2.45, 2.75) is 96.8 Å². The molecule has 0 amide bonds. The number of phenols is 1. The van der Waals surface area contributed by atoms with Crippen LogP contribution in [0.25, 0.3) is 6.08 Å². The Kier molecular flexibility index (Phi) is 16.9. The zero-order valence-electron chi connectivity index (χ0n) is 20.3. The van der Waals surface area contributed by atoms with E-state index in [0.717, 1.165) is 18.4 Å². The van der Waals surface area contributed by atoms with Crippen molar-refractivity contribution in [3.05, 3.63) is 42.0 Å². The van der Waals surface area contributed by atoms with E-state index in [2.05, 4.69) is 19.1 Å². The van der Waals surface area contributed by atoms with Crippen molar-refractivity contribution in [2.24, 2.45) is 0 Å². The van der Waals surface area contributed by atoms with Crippen LogP contribution in [0.4, 0.5) is 0 Å². The number of ether oxygens (including phenoxy) is 2. The number of esters is 1. The molecule has 0 aliphatic rings. The number of phenolic OH excluding ortho intramolecular Hbond substituents is 1. The van der Waals surface area contributed by atoms with Gasteiger partial charge in [-0.15, -0.1) is 0 Å². The molecule has 180 valence electrons. The summed E-state index contributed by atoms with van der Waals surface area (Å²) in [6.45, 7) is 2.73. The average Bonchev–Trinajstić information content (AvgIpc) is 2.80. The van der Waals surface area contributed by atoms with Crippen molar-refractivity contribution in [3.63, 3.8) is 0 Å². The Morgan fingerprint density at radius 1 is 0.875 bits per heavy atom. The molecule has 1 aromatic rings. The standard InChI is InChI=1S/C28H44O4/c1-3-4-5-6-7-8-9-10-11-12-13-14-15-16-17-18-23-32-28(30)22-20-25-19-21-26(29)27(24-25)31-2/h10-11,19-22,24,29H,3-9,12-18,23H2,1-2H3/b11-10-,22-20?. The molecule has 1 rings (SSSR count). The van der Waals surface area contributed by atoms with E-state index in [1.807, 2.05) is 0 Å². The second-order valence-electron chi connectivity index (χ2n) is 8.37. The van der Waals surface area contributed by atoms with Crippen LogP contribution in [-0.2, 0) is 9.53 Å². The maximum absolute atomic E-state index is 11.8. The largest absolute Gasteiger partial charge is 0.504 e. The van der Waals surface area contributed by atoms with Crippen molar-refractivity contribution >= 4 is 12.0 Å². The molecule has 4 heteroatoms. The second-order valence-corrected chi connectivity index (χ2v) is 8.37. The molecular formula is C28H44O4. The van der Waals surface area contributed by atoms with E-state index in [4.69, 9.17) is 9.47 Å². The molecule has 4 nitrogen and oxygen atoms in total. The van der Waals surface area contributed by atoms with Crippen molar-refractivity contribution in [1.29, 1.82) is 0 Å². The van der Waals surface area contributed by atoms with Gasteiger partial charge in [0.15, 0.2) is 11.5 Å². The molecule has 32 heavy (non-hydrogen) atoms. The van der Waals surface area contributed by atoms with Crippen molar-refractivity contribution in [1.82, 2.24) is 0 Å². The Balaban J connectivity index is 1.93. The van der Waals surface area contributed by atoms with Crippen LogP contribution in [0.5, 0.6) is 11.5 Å². The van der Waals surface area contributed by atoms with E-state index < -0.39 is 0 Å². The summed E-state index contributed by atoms with van der Waals surface area (Å²) in [4.78, 5) is 11.8. The molecule has 0 aliphatic carbocycles. The lowest BCUT2D eigenvalue weighted by molar-refractivity contribution is -0.137. The Hall–Kier alpha value is -2.23. The molecule has 0 saturated carbocycles. The number of aromatic hydroxyl groups is 1. The Bertz CT molecular complexity index is 663. The summed E-state index contributed by atoms with van der Waals surface area (Å²) in [6, 6.07) is 4.92. The van der Waals surface area contributed by atoms with E-state index >= 15 is 0 Å². The zero-order valence-corrected chi connectivity index (χ0v) is 20.3. The third kappa shape index (κ3) is 14.7. The number of hydrogen-bond acceptors (Lipinski definition) is 4. The average molecular weight is 445 g/mol. The lowest BCUT2D eigenvalue weighted by Crippen LogP contribution is -2.02. The fourth-order valence-corrected chi connectivity index (χ4v) is 3.53. The van der Waals surface area contributed by atoms with E-state index in [1.54, 1.807) is 18.2 Å². The van der Waals surface area contributed by atoms with Gasteiger partial charge in [-0.05, 0) is 55.9 Å². The number of unbranched alkanes of at least 4 members (excludes halogenated alkanes) is 12. The molecule has 0 saturated heterocycles. The minimum Gasteiger partial charge on any atom is -0.504 e. The highest BCUT2D eigenvalue weighted by Crippen LogP contribution is 2.26. The van der Waals surface area contributed by atoms with Crippen LogP contribution in [0, 0.1) is 0 Å². The van der Waals surface area contributed by atoms with Crippen LogP contribution in [0.15, 0.2) is 36.4 Å². The summed E-state index contributed by atoms with van der Waals surface area (Å²) in [5.41, 5.74) is 0.772. The normalized spacial score (nSPS) is 11.4. The molecule has 0 spiro atoms. The van der Waals surface area contributed by atoms with Gasteiger partial charge in [-0.3, -0.25) is 0 Å². The van der Waals surface area contributed by atoms with E-state index in [1.165, 1.54) is 96.3 Å². The van der Waals surface area contributed by atoms with Gasteiger partial charge in [-0.2, -0.15) is 0 Å². The first-order valence-electron chi connectivity index (χ1n) is 12.5. The van der Waals surface area contributed by atoms with Crippen molar-refractivity contribution < 1.29 is 19.4 Å². The van der Waals surface area contributed by atoms with Gasteiger partial charge in [-0.25, -0.2) is 4.79 Å². The van der Waals surface area contributed by atoms with Crippen molar-refractivity contribution in [2.75, 3.05) is 13.7 Å². The Labute approximate surface area is 195 Å². The topological polar surface area (TPSA) is 55.8 Å². The summed E-state index contributed by atoms with van der Waals surface area (Å²) >= 11 is 0. The SMILES string of the molecule is CCCCCCCC/C=C\CCCCCCCCOC(=O)C=Cc1ccc(O)c(OC)c1. The van der Waals surface area contributed by atoms with Gasteiger partial charge >= 0.3 is 5.97 Å². The summed E-state index contributed by atoms with van der Waals surface area (Å²) in [5, 5.41) is 9.58. The maximum Gasteiger partial charge on any atom is 0.330 e. The Morgan fingerprint density at radius 2 is 1.47 bits per heavy atom. The first kappa shape index (κ1) is 27.8. The number of methoxy groups -OCH3 is 1. The summed E-state index contributed by atoms with van der Waals surface area (Å²) in [6.07, 6.45) is 25.5. The number of benzene rings is 1. The van der Waals surface area contributed by atoms with Crippen LogP contribution in [-0.4, -0.2) is 24.8 Å². The van der Waals surface area contributed by atoms with Crippen LogP contribution in [0.1, 0.15) is 102 Å². The smallest absolute Gasteiger partial charge is 0.330 e. The molecule has 0 bridgehead atoms. The first-order chi connectivity index (χ1) is 15.7. The third-order valence-electron chi connectivity index (χ3n) is 5.52. The summed E-state index contributed by atoms with van der Waals surface area (Å²) < 4.78 is 10.3. The van der Waals surface area contributed by atoms with Crippen LogP contribution >= 0.6 is 0 Å². The van der Waals surface area contributed by atoms with Gasteiger partial charge in [0, 0.05) is 6.08 Å². The van der Waals surface area contributed by atoms with Crippen LogP contribution in [0.2, 0.25) is 0 Å². The number of carbonyl (C=O) groups is 1. The maximum atomic E-state index is 11.8. The molecule has 0 radical (unpaired) electrons. The fourth-order valence-electron chi connectivity index (χ4n) is 3.53. The van der Waals surface area contributed by atoms with Crippen molar-refractivity contribution in [3.8, 4) is 11.5 Å². The third-order valence-corrected chi connectivity index (χ3v) is 5.52. The van der Waals surface area contributed by atoms with E-state index in [9.17, 15) is 9.90 Å². The number of carbonyl (C=O) groups excluding carboxylic acids is 1. The minimum absolute atomic E-state index is 0.0761. The molecule has 0 unspecified atom stereocenters. The highest BCUT2D eigenvalue weighted by Gasteiger charge is 2.02. The molecule has 0 aliphatic heterocycles. The molecule has 0 heterocycles. The molecular weight excluding hydrogens is 400 g/mol. The fraction of sp³-hybridized carbons (Fsp3) is 0.607. The summed E-state index contributed by atoms with van der Waals surface area (Å²) in [5.74, 6) is 0.113. The lowest BCUT2D eigenvalue weighted by Gasteiger charge is -2.04. The van der Waals surface area contributed by atoms with Gasteiger partial charge in [0.1, 0.15) is 0 Å². The van der Waals surface area contributed by atoms with Gasteiger partial charge in [-0.1, -0.05) is 82.9 Å². The summed E-state index contributed by atoms with van der Waals surface area (Å²) in [7, 11) is 1.49. The quantitative estimate of drug-likeness (QED) is 0.102. The predicted molar refractivity (Wildman–Crippen MR) is 134 cm³/mol. The Morgan fingerprint density at radius 3 is 2.09 bits per heavy atom. The number of rotatable bonds is 19. The number of hydrogen-bond donors (Lipinski definition) is 1. The second kappa shape index (κ2) is 19.5. The number of allylic oxidation sites excluding steroid dienone is 2. The molecule has 0 aromatic heterocycles.